The lowest BCUT2D eigenvalue weighted by atomic mass is 11.0. The van der Waals surface area contributed by atoms with E-state index in [1.54, 1.807) is 0 Å². The van der Waals surface area contributed by atoms with Crippen molar-refractivity contribution in [1.29, 1.82) is 0 Å². The zero-order valence-corrected chi connectivity index (χ0v) is 6.17. The molecule has 1 atom stereocenters. The molecule has 0 rings (SSSR count). The number of phosphoric ester groups is 1. The van der Waals surface area contributed by atoms with Crippen molar-refractivity contribution in [2.24, 2.45) is 0 Å². The fraction of sp³-hybridized carbons (Fsp3) is 1.00. The fourth-order valence-corrected chi connectivity index (χ4v) is 0.219. The van der Waals surface area contributed by atoms with E-state index in [-0.39, 0.29) is 14.9 Å². The summed E-state index contributed by atoms with van der Waals surface area (Å²) in [6.07, 6.45) is 0. The summed E-state index contributed by atoms with van der Waals surface area (Å²) in [5, 5.41) is 7.65. The maximum absolute atomic E-state index is 9.43. The molecule has 0 aromatic heterocycles. The Morgan fingerprint density at radius 1 is 1.45 bits per heavy atom. The van der Waals surface area contributed by atoms with Crippen molar-refractivity contribution in [2.75, 3.05) is 6.79 Å². The lowest BCUT2D eigenvalue weighted by molar-refractivity contribution is -0.225. The average Bonchev–Trinajstić information content (AvgIpc) is 1.69. The first kappa shape index (κ1) is 22.5. The van der Waals surface area contributed by atoms with Crippen LogP contribution in [0.4, 0.5) is 0 Å². The molecule has 1 unspecified atom stereocenters. The van der Waals surface area contributed by atoms with Gasteiger partial charge in [-0.2, -0.15) is 0 Å². The van der Waals surface area contributed by atoms with E-state index in [1.807, 2.05) is 13.8 Å². The van der Waals surface area contributed by atoms with Gasteiger partial charge in [-0.15, -0.1) is 0 Å². The summed E-state index contributed by atoms with van der Waals surface area (Å²) in [6, 6.07) is 0. The highest BCUT2D eigenvalue weighted by Gasteiger charge is 1.96. The Kier molecular flexibility index (Phi) is 26.0. The van der Waals surface area contributed by atoms with Crippen LogP contribution in [0.25, 0.3) is 0 Å². The molecule has 6 heteroatoms. The first-order valence-electron chi connectivity index (χ1n) is 2.35. The summed E-state index contributed by atoms with van der Waals surface area (Å²) in [5.74, 6) is 0. The Hall–Kier alpha value is 0.0700. The van der Waals surface area contributed by atoms with Crippen LogP contribution in [0.2, 0.25) is 0 Å². The molecule has 0 saturated heterocycles. The molecule has 0 heterocycles. The number of hydrogen-bond donors (Lipinski definition) is 2. The van der Waals surface area contributed by atoms with Crippen LogP contribution in [0.5, 0.6) is 0 Å². The van der Waals surface area contributed by atoms with Gasteiger partial charge in [-0.25, -0.2) is 0 Å². The summed E-state index contributed by atoms with van der Waals surface area (Å²) in [5.41, 5.74) is 0. The molecule has 0 saturated carbocycles. The van der Waals surface area contributed by atoms with E-state index in [0.717, 1.165) is 0 Å². The van der Waals surface area contributed by atoms with Crippen LogP contribution in [0.1, 0.15) is 28.7 Å². The molecular weight excluding hydrogens is 171 g/mol. The summed E-state index contributed by atoms with van der Waals surface area (Å²) in [7, 11) is -4.67. The van der Waals surface area contributed by atoms with Gasteiger partial charge in [-0.05, 0) is 0 Å². The van der Waals surface area contributed by atoms with Gasteiger partial charge in [0.25, 0.3) is 7.82 Å². The van der Waals surface area contributed by atoms with Crippen LogP contribution < -0.4 is 4.89 Å². The molecule has 74 valence electrons. The smallest absolute Gasteiger partial charge is 0.267 e. The molecule has 2 N–H and O–H groups in total. The molecule has 0 bridgehead atoms. The predicted octanol–water partition coefficient (Wildman–Crippen LogP) is 0.712. The monoisotopic (exact) mass is 189 g/mol. The number of aliphatic hydroxyl groups excluding tert-OH is 1. The summed E-state index contributed by atoms with van der Waals surface area (Å²) < 4.78 is 12.8. The van der Waals surface area contributed by atoms with Crippen molar-refractivity contribution in [3.63, 3.8) is 0 Å². The minimum Gasteiger partial charge on any atom is -0.756 e. The lowest BCUT2D eigenvalue weighted by Gasteiger charge is -2.11. The van der Waals surface area contributed by atoms with Gasteiger partial charge in [0.2, 0.25) is 0 Å². The van der Waals surface area contributed by atoms with Crippen molar-refractivity contribution in [2.45, 2.75) is 28.7 Å². The molecule has 0 amide bonds. The molecule has 0 spiro atoms. The van der Waals surface area contributed by atoms with Gasteiger partial charge in [-0.1, -0.05) is 28.7 Å². The van der Waals surface area contributed by atoms with E-state index >= 15 is 0 Å². The molecule has 0 aliphatic heterocycles. The number of aliphatic hydroxyl groups is 1. The molecule has 0 aromatic carbocycles. The largest absolute Gasteiger partial charge is 0.756 e. The highest BCUT2D eigenvalue weighted by Crippen LogP contribution is 2.28. The maximum Gasteiger partial charge on any atom is 0.267 e. The van der Waals surface area contributed by atoms with Gasteiger partial charge >= 0.3 is 0 Å². The Morgan fingerprint density at radius 3 is 1.73 bits per heavy atom. The van der Waals surface area contributed by atoms with E-state index in [2.05, 4.69) is 4.52 Å². The van der Waals surface area contributed by atoms with E-state index in [0.29, 0.717) is 0 Å². The second-order valence-electron chi connectivity index (χ2n) is 0.727. The van der Waals surface area contributed by atoms with Crippen molar-refractivity contribution < 1.29 is 24.0 Å². The van der Waals surface area contributed by atoms with E-state index in [1.165, 1.54) is 0 Å². The van der Waals surface area contributed by atoms with E-state index < -0.39 is 14.6 Å². The quantitative estimate of drug-likeness (QED) is 0.493. The lowest BCUT2D eigenvalue weighted by Crippen LogP contribution is -2.03. The number of rotatable bonds is 2. The van der Waals surface area contributed by atoms with Gasteiger partial charge in [0.1, 0.15) is 0 Å². The molecule has 5 nitrogen and oxygen atoms in total. The van der Waals surface area contributed by atoms with Crippen molar-refractivity contribution in [1.82, 2.24) is 0 Å². The van der Waals surface area contributed by atoms with Crippen LogP contribution >= 0.6 is 7.82 Å². The number of phosphoric acid groups is 1. The minimum absolute atomic E-state index is 0. The van der Waals surface area contributed by atoms with Crippen molar-refractivity contribution in [3.05, 3.63) is 0 Å². The van der Waals surface area contributed by atoms with Gasteiger partial charge in [0, 0.05) is 0 Å². The molecule has 0 aromatic rings. The SMILES string of the molecule is C.C.CC.O=P([O-])(O)OCO. The minimum atomic E-state index is -4.67. The second kappa shape index (κ2) is 12.7. The fourth-order valence-electron chi connectivity index (χ4n) is 0.0730. The summed E-state index contributed by atoms with van der Waals surface area (Å²) in [6.45, 7) is 2.98. The van der Waals surface area contributed by atoms with Gasteiger partial charge in [0.15, 0.2) is 6.79 Å². The third-order valence-corrected chi connectivity index (χ3v) is 0.663. The standard InChI is InChI=1S/C2H6.CH5O5P.2CH4/c1-2;2-1-6-7(3,4)5;;/h1-2H3;2H,1H2,(H2,3,4,5);2*1H4/p-1. The topological polar surface area (TPSA) is 89.8 Å². The van der Waals surface area contributed by atoms with Crippen molar-refractivity contribution in [3.8, 4) is 0 Å². The van der Waals surface area contributed by atoms with Crippen LogP contribution in [0, 0.1) is 0 Å². The zero-order chi connectivity index (χ0) is 7.91. The first-order valence-corrected chi connectivity index (χ1v) is 3.85. The molecule has 0 aliphatic rings. The first-order chi connectivity index (χ1) is 4.06. The molecule has 0 aliphatic carbocycles. The highest BCUT2D eigenvalue weighted by atomic mass is 31.2. The molecule has 11 heavy (non-hydrogen) atoms. The molecule has 0 radical (unpaired) electrons. The Morgan fingerprint density at radius 2 is 1.73 bits per heavy atom. The van der Waals surface area contributed by atoms with E-state index in [4.69, 9.17) is 10.00 Å². The zero-order valence-electron chi connectivity index (χ0n) is 5.27. The van der Waals surface area contributed by atoms with Crippen LogP contribution in [0.3, 0.4) is 0 Å². The van der Waals surface area contributed by atoms with Gasteiger partial charge in [-0.3, -0.25) is 9.09 Å². The number of hydrogen-bond acceptors (Lipinski definition) is 4. The highest BCUT2D eigenvalue weighted by molar-refractivity contribution is 7.44. The molecule has 0 fully saturated rings. The van der Waals surface area contributed by atoms with Crippen LogP contribution in [-0.2, 0) is 9.09 Å². The van der Waals surface area contributed by atoms with Crippen molar-refractivity contribution >= 4 is 7.82 Å². The predicted molar refractivity (Wildman–Crippen MR) is 42.8 cm³/mol. The third kappa shape index (κ3) is 39.6. The Bertz CT molecular complexity index is 88.9. The summed E-state index contributed by atoms with van der Waals surface area (Å²) >= 11 is 0. The van der Waals surface area contributed by atoms with E-state index in [9.17, 15) is 9.46 Å². The average molecular weight is 189 g/mol. The Labute approximate surface area is 68.3 Å². The van der Waals surface area contributed by atoms with Crippen LogP contribution in [-0.4, -0.2) is 16.8 Å². The maximum atomic E-state index is 9.43. The third-order valence-electron chi connectivity index (χ3n) is 0.221. The summed E-state index contributed by atoms with van der Waals surface area (Å²) in [4.78, 5) is 17.1. The Balaban J connectivity index is -0.0000000564. The van der Waals surface area contributed by atoms with Crippen LogP contribution in [0.15, 0.2) is 0 Å². The van der Waals surface area contributed by atoms with Gasteiger partial charge < -0.3 is 14.9 Å². The second-order valence-corrected chi connectivity index (χ2v) is 1.92. The molecular formula is C5H18O5P-. The normalized spacial score (nSPS) is 12.5. The van der Waals surface area contributed by atoms with Gasteiger partial charge in [0.05, 0.1) is 0 Å².